The van der Waals surface area contributed by atoms with Crippen LogP contribution in [0.3, 0.4) is 0 Å². The van der Waals surface area contributed by atoms with Gasteiger partial charge >= 0.3 is 0 Å². The molecule has 2 aromatic carbocycles. The first kappa shape index (κ1) is 23.3. The lowest BCUT2D eigenvalue weighted by atomic mass is 9.84. The van der Waals surface area contributed by atoms with Gasteiger partial charge in [-0.15, -0.1) is 0 Å². The lowest BCUT2D eigenvalue weighted by molar-refractivity contribution is -0.117. The summed E-state index contributed by atoms with van der Waals surface area (Å²) in [5.41, 5.74) is 1.94. The van der Waals surface area contributed by atoms with Gasteiger partial charge in [0.25, 0.3) is 0 Å². The molecule has 3 aliphatic heterocycles. The first-order valence-corrected chi connectivity index (χ1v) is 11.8. The van der Waals surface area contributed by atoms with Gasteiger partial charge in [0.15, 0.2) is 0 Å². The monoisotopic (exact) mass is 493 g/mol. The van der Waals surface area contributed by atoms with E-state index in [1.165, 1.54) is 18.2 Å². The molecule has 0 radical (unpaired) electrons. The van der Waals surface area contributed by atoms with Crippen molar-refractivity contribution in [3.63, 3.8) is 0 Å². The van der Waals surface area contributed by atoms with Crippen molar-refractivity contribution in [2.75, 3.05) is 29.9 Å². The third kappa shape index (κ3) is 4.45. The molecule has 0 spiro atoms. The Hall–Kier alpha value is -2.46. The number of hydrogen-bond donors (Lipinski definition) is 4. The summed E-state index contributed by atoms with van der Waals surface area (Å²) in [7, 11) is 0. The summed E-state index contributed by atoms with van der Waals surface area (Å²) in [6.07, 6.45) is -0.185. The van der Waals surface area contributed by atoms with Crippen LogP contribution in [0.15, 0.2) is 24.3 Å². The Kier molecular flexibility index (Phi) is 6.37. The Balaban J connectivity index is 1.26. The predicted molar refractivity (Wildman–Crippen MR) is 123 cm³/mol. The Morgan fingerprint density at radius 2 is 2.00 bits per heavy atom. The van der Waals surface area contributed by atoms with E-state index in [9.17, 15) is 19.4 Å². The van der Waals surface area contributed by atoms with Gasteiger partial charge in [0.2, 0.25) is 5.91 Å². The van der Waals surface area contributed by atoms with Crippen LogP contribution >= 0.6 is 11.6 Å². The Morgan fingerprint density at radius 1 is 1.21 bits per heavy atom. The summed E-state index contributed by atoms with van der Waals surface area (Å²) in [5, 5.41) is 25.6. The van der Waals surface area contributed by atoms with Crippen LogP contribution in [0.2, 0.25) is 5.02 Å². The fourth-order valence-corrected chi connectivity index (χ4v) is 5.29. The second-order valence-corrected chi connectivity index (χ2v) is 9.59. The minimum absolute atomic E-state index is 0.0426. The van der Waals surface area contributed by atoms with Gasteiger partial charge in [-0.25, -0.2) is 8.78 Å². The third-order valence-corrected chi connectivity index (χ3v) is 7.03. The number of halogens is 3. The highest BCUT2D eigenvalue weighted by molar-refractivity contribution is 6.30. The van der Waals surface area contributed by atoms with Crippen LogP contribution in [0.1, 0.15) is 36.3 Å². The van der Waals surface area contributed by atoms with Crippen molar-refractivity contribution in [3.05, 3.63) is 52.0 Å². The Bertz CT molecular complexity index is 1110. The molecule has 0 saturated carbocycles. The number of rotatable bonds is 5. The number of ether oxygens (including phenoxy) is 1. The van der Waals surface area contributed by atoms with E-state index in [0.717, 1.165) is 11.6 Å². The summed E-state index contributed by atoms with van der Waals surface area (Å²) in [5.74, 6) is -1.08. The molecular weight excluding hydrogens is 468 g/mol. The fourth-order valence-electron chi connectivity index (χ4n) is 5.13. The van der Waals surface area contributed by atoms with E-state index in [-0.39, 0.29) is 29.0 Å². The van der Waals surface area contributed by atoms with Gasteiger partial charge < -0.3 is 25.2 Å². The smallest absolute Gasteiger partial charge is 0.224 e. The number of piperidine rings is 1. The maximum Gasteiger partial charge on any atom is 0.224 e. The summed E-state index contributed by atoms with van der Waals surface area (Å²) < 4.78 is 35.1. The van der Waals surface area contributed by atoms with Crippen LogP contribution in [0.5, 0.6) is 5.75 Å². The van der Waals surface area contributed by atoms with Crippen LogP contribution in [-0.2, 0) is 11.2 Å². The highest BCUT2D eigenvalue weighted by Gasteiger charge is 2.38. The molecule has 2 fully saturated rings. The van der Waals surface area contributed by atoms with Crippen molar-refractivity contribution in [1.29, 1.82) is 0 Å². The molecule has 2 saturated heterocycles. The molecule has 3 heterocycles. The number of nitrogens with one attached hydrogen (secondary N) is 2. The average Bonchev–Trinajstić information content (AvgIpc) is 3.23. The van der Waals surface area contributed by atoms with Crippen molar-refractivity contribution >= 4 is 28.9 Å². The van der Waals surface area contributed by atoms with E-state index in [0.29, 0.717) is 56.0 Å². The summed E-state index contributed by atoms with van der Waals surface area (Å²) in [4.78, 5) is 14.3. The molecule has 2 aromatic rings. The van der Waals surface area contributed by atoms with Gasteiger partial charge in [0.05, 0.1) is 18.0 Å². The summed E-state index contributed by atoms with van der Waals surface area (Å²) in [6.45, 7) is 1.53. The van der Waals surface area contributed by atoms with Gasteiger partial charge in [0, 0.05) is 60.0 Å². The summed E-state index contributed by atoms with van der Waals surface area (Å²) >= 11 is 5.74. The molecule has 34 heavy (non-hydrogen) atoms. The fraction of sp³-hybridized carbons (Fsp3) is 0.458. The minimum atomic E-state index is -1.04. The molecule has 182 valence electrons. The molecule has 4 N–H and O–H groups in total. The maximum absolute atomic E-state index is 15.3. The number of nitrogens with zero attached hydrogens (tertiary/aromatic N) is 1. The number of amides is 1. The molecule has 3 unspecified atom stereocenters. The SMILES string of the molecule is O=C(CC1CN(c2cc(F)c(C3CCC(O)NC3O)c3c2OCC3)C1)Nc1ccc(Cl)cc1F. The van der Waals surface area contributed by atoms with E-state index in [4.69, 9.17) is 16.3 Å². The summed E-state index contributed by atoms with van der Waals surface area (Å²) in [6, 6.07) is 5.52. The lowest BCUT2D eigenvalue weighted by Crippen LogP contribution is -2.48. The molecule has 3 aliphatic rings. The molecule has 0 aromatic heterocycles. The van der Waals surface area contributed by atoms with E-state index in [1.807, 2.05) is 4.90 Å². The molecule has 1 amide bonds. The Morgan fingerprint density at radius 3 is 2.74 bits per heavy atom. The number of hydrogen-bond acceptors (Lipinski definition) is 6. The zero-order chi connectivity index (χ0) is 24.0. The van der Waals surface area contributed by atoms with Crippen LogP contribution in [0.4, 0.5) is 20.2 Å². The molecule has 0 bridgehead atoms. The predicted octanol–water partition coefficient (Wildman–Crippen LogP) is 3.12. The number of aliphatic hydroxyl groups excluding tert-OH is 2. The number of carbonyl (C=O) groups is 1. The number of fused-ring (bicyclic) bond motifs is 1. The standard InChI is InChI=1S/C24H26ClF2N3O4/c25-13-1-3-18(16(26)8-13)28-21(32)7-12-10-30(11-12)19-9-17(27)22(14-5-6-34-23(14)19)15-2-4-20(31)29-24(15)33/h1,3,8-9,12,15,20,24,29,31,33H,2,4-7,10-11H2,(H,28,32). The van der Waals surface area contributed by atoms with E-state index >= 15 is 4.39 Å². The van der Waals surface area contributed by atoms with Crippen LogP contribution in [-0.4, -0.2) is 48.3 Å². The highest BCUT2D eigenvalue weighted by atomic mass is 35.5. The molecule has 7 nitrogen and oxygen atoms in total. The number of carbonyl (C=O) groups excluding carboxylic acids is 1. The average molecular weight is 494 g/mol. The first-order valence-electron chi connectivity index (χ1n) is 11.4. The van der Waals surface area contributed by atoms with Crippen LogP contribution < -0.4 is 20.3 Å². The van der Waals surface area contributed by atoms with E-state index < -0.39 is 30.0 Å². The van der Waals surface area contributed by atoms with Crippen molar-refractivity contribution < 1.29 is 28.5 Å². The van der Waals surface area contributed by atoms with Gasteiger partial charge in [0.1, 0.15) is 29.8 Å². The molecule has 10 heteroatoms. The second-order valence-electron chi connectivity index (χ2n) is 9.16. The molecular formula is C24H26ClF2N3O4. The first-order chi connectivity index (χ1) is 16.3. The maximum atomic E-state index is 15.3. The van der Waals surface area contributed by atoms with Crippen molar-refractivity contribution in [1.82, 2.24) is 5.32 Å². The van der Waals surface area contributed by atoms with E-state index in [2.05, 4.69) is 10.6 Å². The zero-order valence-corrected chi connectivity index (χ0v) is 19.1. The van der Waals surface area contributed by atoms with Crippen LogP contribution in [0.25, 0.3) is 0 Å². The molecule has 3 atom stereocenters. The molecule has 5 rings (SSSR count). The lowest BCUT2D eigenvalue weighted by Gasteiger charge is -2.42. The zero-order valence-electron chi connectivity index (χ0n) is 18.4. The Labute approximate surface area is 200 Å². The van der Waals surface area contributed by atoms with Crippen molar-refractivity contribution in [2.45, 2.75) is 44.1 Å². The van der Waals surface area contributed by atoms with Gasteiger partial charge in [-0.3, -0.25) is 10.1 Å². The van der Waals surface area contributed by atoms with E-state index in [1.54, 1.807) is 0 Å². The van der Waals surface area contributed by atoms with Gasteiger partial charge in [-0.1, -0.05) is 11.6 Å². The minimum Gasteiger partial charge on any atom is -0.491 e. The largest absolute Gasteiger partial charge is 0.491 e. The van der Waals surface area contributed by atoms with Crippen molar-refractivity contribution in [3.8, 4) is 5.75 Å². The number of aliphatic hydroxyl groups is 2. The second kappa shape index (κ2) is 9.30. The van der Waals surface area contributed by atoms with Gasteiger partial charge in [-0.2, -0.15) is 0 Å². The quantitative estimate of drug-likeness (QED) is 0.511. The third-order valence-electron chi connectivity index (χ3n) is 6.79. The highest BCUT2D eigenvalue weighted by Crippen LogP contribution is 2.46. The molecule has 0 aliphatic carbocycles. The number of benzene rings is 2. The van der Waals surface area contributed by atoms with Crippen molar-refractivity contribution in [2.24, 2.45) is 5.92 Å². The van der Waals surface area contributed by atoms with Gasteiger partial charge in [-0.05, 0) is 31.0 Å². The topological polar surface area (TPSA) is 94.1 Å². The normalized spacial score (nSPS) is 24.4. The van der Waals surface area contributed by atoms with Crippen LogP contribution in [0, 0.1) is 17.6 Å². The number of anilines is 2.